The molecule has 0 bridgehead atoms. The number of aromatic nitrogens is 2. The van der Waals surface area contributed by atoms with E-state index in [1.165, 1.54) is 6.07 Å². The van der Waals surface area contributed by atoms with Crippen LogP contribution in [0.25, 0.3) is 0 Å². The van der Waals surface area contributed by atoms with Gasteiger partial charge in [0.1, 0.15) is 0 Å². The van der Waals surface area contributed by atoms with Crippen LogP contribution in [0.2, 0.25) is 0 Å². The van der Waals surface area contributed by atoms with Gasteiger partial charge in [-0.05, 0) is 38.5 Å². The molecule has 0 aliphatic heterocycles. The van der Waals surface area contributed by atoms with E-state index in [-0.39, 0.29) is 11.4 Å². The summed E-state index contributed by atoms with van der Waals surface area (Å²) >= 11 is 0. The number of nitrogens with two attached hydrogens (primary N) is 1. The fourth-order valence-electron chi connectivity index (χ4n) is 2.09. The van der Waals surface area contributed by atoms with Crippen LogP contribution < -0.4 is 11.1 Å². The third kappa shape index (κ3) is 3.07. The van der Waals surface area contributed by atoms with Gasteiger partial charge < -0.3 is 11.1 Å². The van der Waals surface area contributed by atoms with Crippen LogP contribution in [0.4, 0.5) is 20.2 Å². The minimum absolute atomic E-state index is 0.0263. The molecule has 0 amide bonds. The van der Waals surface area contributed by atoms with Gasteiger partial charge in [-0.15, -0.1) is 0 Å². The molecule has 20 heavy (non-hydrogen) atoms. The molecule has 0 unspecified atom stereocenters. The number of nitrogen functional groups attached to an aromatic ring is 1. The Kier molecular flexibility index (Phi) is 4.22. The van der Waals surface area contributed by atoms with Crippen molar-refractivity contribution in [1.29, 1.82) is 0 Å². The standard InChI is InChI=1S/C14H18F2N4/c1-9-8-10(2)20(19-9)7-3-6-18-14-12(17)5-4-11(15)13(14)16/h4-5,8,18H,3,6-7,17H2,1-2H3. The number of benzene rings is 1. The van der Waals surface area contributed by atoms with Crippen molar-refractivity contribution < 1.29 is 8.78 Å². The maximum atomic E-state index is 13.5. The molecule has 0 aliphatic carbocycles. The molecule has 0 radical (unpaired) electrons. The molecule has 0 saturated heterocycles. The second-order valence-electron chi connectivity index (χ2n) is 4.76. The van der Waals surface area contributed by atoms with Gasteiger partial charge in [0, 0.05) is 18.8 Å². The summed E-state index contributed by atoms with van der Waals surface area (Å²) in [6.45, 7) is 5.12. The van der Waals surface area contributed by atoms with Crippen molar-refractivity contribution in [3.8, 4) is 0 Å². The highest BCUT2D eigenvalue weighted by Crippen LogP contribution is 2.24. The molecule has 0 aliphatic rings. The van der Waals surface area contributed by atoms with E-state index in [2.05, 4.69) is 10.4 Å². The molecule has 1 aromatic carbocycles. The average Bonchev–Trinajstić information content (AvgIpc) is 2.72. The molecule has 0 spiro atoms. The molecule has 3 N–H and O–H groups in total. The first-order valence-electron chi connectivity index (χ1n) is 6.47. The van der Waals surface area contributed by atoms with E-state index in [9.17, 15) is 8.78 Å². The van der Waals surface area contributed by atoms with Crippen LogP contribution in [-0.2, 0) is 6.54 Å². The van der Waals surface area contributed by atoms with E-state index in [1.807, 2.05) is 24.6 Å². The highest BCUT2D eigenvalue weighted by Gasteiger charge is 2.11. The summed E-state index contributed by atoms with van der Waals surface area (Å²) in [5.41, 5.74) is 7.91. The van der Waals surface area contributed by atoms with Gasteiger partial charge >= 0.3 is 0 Å². The predicted molar refractivity (Wildman–Crippen MR) is 75.6 cm³/mol. The molecule has 2 rings (SSSR count). The predicted octanol–water partition coefficient (Wildman–Crippen LogP) is 2.86. The lowest BCUT2D eigenvalue weighted by Gasteiger charge is -2.11. The normalized spacial score (nSPS) is 10.8. The second-order valence-corrected chi connectivity index (χ2v) is 4.76. The van der Waals surface area contributed by atoms with Gasteiger partial charge in [0.25, 0.3) is 0 Å². The Hall–Kier alpha value is -2.11. The summed E-state index contributed by atoms with van der Waals surface area (Å²) in [7, 11) is 0. The van der Waals surface area contributed by atoms with E-state index >= 15 is 0 Å². The van der Waals surface area contributed by atoms with Gasteiger partial charge in [0.05, 0.1) is 17.1 Å². The molecule has 0 saturated carbocycles. The Bertz CT molecular complexity index is 607. The van der Waals surface area contributed by atoms with Crippen molar-refractivity contribution in [2.45, 2.75) is 26.8 Å². The van der Waals surface area contributed by atoms with E-state index in [0.29, 0.717) is 13.1 Å². The largest absolute Gasteiger partial charge is 0.397 e. The molecular weight excluding hydrogens is 262 g/mol. The Balaban J connectivity index is 1.91. The van der Waals surface area contributed by atoms with Crippen molar-refractivity contribution in [2.24, 2.45) is 0 Å². The Labute approximate surface area is 116 Å². The maximum Gasteiger partial charge on any atom is 0.183 e. The summed E-state index contributed by atoms with van der Waals surface area (Å²) in [6, 6.07) is 4.37. The number of hydrogen-bond acceptors (Lipinski definition) is 3. The number of nitrogens with zero attached hydrogens (tertiary/aromatic N) is 2. The summed E-state index contributed by atoms with van der Waals surface area (Å²) in [4.78, 5) is 0. The Morgan fingerprint density at radius 2 is 2.05 bits per heavy atom. The molecule has 108 valence electrons. The zero-order chi connectivity index (χ0) is 14.7. The molecule has 0 fully saturated rings. The first-order chi connectivity index (χ1) is 9.49. The third-order valence-corrected chi connectivity index (χ3v) is 3.08. The van der Waals surface area contributed by atoms with Crippen LogP contribution in [0, 0.1) is 25.5 Å². The van der Waals surface area contributed by atoms with Crippen LogP contribution in [0.3, 0.4) is 0 Å². The van der Waals surface area contributed by atoms with Crippen LogP contribution in [0.15, 0.2) is 18.2 Å². The fraction of sp³-hybridized carbons (Fsp3) is 0.357. The summed E-state index contributed by atoms with van der Waals surface area (Å²) in [6.07, 6.45) is 0.733. The zero-order valence-electron chi connectivity index (χ0n) is 11.6. The van der Waals surface area contributed by atoms with Crippen molar-refractivity contribution in [2.75, 3.05) is 17.6 Å². The summed E-state index contributed by atoms with van der Waals surface area (Å²) in [5.74, 6) is -1.84. The monoisotopic (exact) mass is 280 g/mol. The van der Waals surface area contributed by atoms with Gasteiger partial charge in [-0.2, -0.15) is 5.10 Å². The minimum Gasteiger partial charge on any atom is -0.397 e. The lowest BCUT2D eigenvalue weighted by atomic mass is 10.2. The highest BCUT2D eigenvalue weighted by molar-refractivity contribution is 5.66. The van der Waals surface area contributed by atoms with Crippen LogP contribution in [0.1, 0.15) is 17.8 Å². The number of aryl methyl sites for hydroxylation is 3. The summed E-state index contributed by atoms with van der Waals surface area (Å²) in [5, 5.41) is 7.17. The number of rotatable bonds is 5. The lowest BCUT2D eigenvalue weighted by Crippen LogP contribution is -2.11. The molecule has 1 heterocycles. The fourth-order valence-corrected chi connectivity index (χ4v) is 2.09. The number of hydrogen-bond donors (Lipinski definition) is 2. The first kappa shape index (κ1) is 14.3. The van der Waals surface area contributed by atoms with E-state index in [0.717, 1.165) is 23.9 Å². The number of anilines is 2. The van der Waals surface area contributed by atoms with Crippen molar-refractivity contribution in [3.05, 3.63) is 41.2 Å². The number of nitrogens with one attached hydrogen (secondary N) is 1. The quantitative estimate of drug-likeness (QED) is 0.654. The maximum absolute atomic E-state index is 13.5. The van der Waals surface area contributed by atoms with E-state index in [1.54, 1.807) is 0 Å². The summed E-state index contributed by atoms with van der Waals surface area (Å²) < 4.78 is 28.5. The third-order valence-electron chi connectivity index (χ3n) is 3.08. The molecule has 6 heteroatoms. The van der Waals surface area contributed by atoms with Gasteiger partial charge in [0.2, 0.25) is 0 Å². The van der Waals surface area contributed by atoms with Crippen LogP contribution in [0.5, 0.6) is 0 Å². The van der Waals surface area contributed by atoms with Gasteiger partial charge in [-0.1, -0.05) is 0 Å². The topological polar surface area (TPSA) is 55.9 Å². The van der Waals surface area contributed by atoms with Crippen LogP contribution in [-0.4, -0.2) is 16.3 Å². The SMILES string of the molecule is Cc1cc(C)n(CCCNc2c(N)ccc(F)c2F)n1. The number of halogens is 2. The second kappa shape index (κ2) is 5.90. The molecule has 0 atom stereocenters. The average molecular weight is 280 g/mol. The van der Waals surface area contributed by atoms with Gasteiger partial charge in [0.15, 0.2) is 11.6 Å². The van der Waals surface area contributed by atoms with Crippen LogP contribution >= 0.6 is 0 Å². The minimum atomic E-state index is -0.934. The van der Waals surface area contributed by atoms with E-state index < -0.39 is 11.6 Å². The molecule has 4 nitrogen and oxygen atoms in total. The first-order valence-corrected chi connectivity index (χ1v) is 6.47. The van der Waals surface area contributed by atoms with Crippen molar-refractivity contribution in [3.63, 3.8) is 0 Å². The molecule has 2 aromatic rings. The highest BCUT2D eigenvalue weighted by atomic mass is 19.2. The van der Waals surface area contributed by atoms with Crippen molar-refractivity contribution in [1.82, 2.24) is 9.78 Å². The molecule has 1 aromatic heterocycles. The van der Waals surface area contributed by atoms with Gasteiger partial charge in [-0.3, -0.25) is 4.68 Å². The zero-order valence-corrected chi connectivity index (χ0v) is 11.6. The Morgan fingerprint density at radius 3 is 2.70 bits per heavy atom. The van der Waals surface area contributed by atoms with Gasteiger partial charge in [-0.25, -0.2) is 8.78 Å². The Morgan fingerprint density at radius 1 is 1.30 bits per heavy atom. The lowest BCUT2D eigenvalue weighted by molar-refractivity contribution is 0.510. The van der Waals surface area contributed by atoms with E-state index in [4.69, 9.17) is 5.73 Å². The smallest absolute Gasteiger partial charge is 0.183 e. The van der Waals surface area contributed by atoms with Crippen molar-refractivity contribution >= 4 is 11.4 Å². The molecular formula is C14H18F2N4.